The van der Waals surface area contributed by atoms with Crippen molar-refractivity contribution in [3.63, 3.8) is 0 Å². The number of halogens is 1. The fourth-order valence-electron chi connectivity index (χ4n) is 3.83. The maximum Gasteiger partial charge on any atom is 0.243 e. The average Bonchev–Trinajstić information content (AvgIpc) is 3.27. The number of benzene rings is 2. The Kier molecular flexibility index (Phi) is 6.60. The highest BCUT2D eigenvalue weighted by atomic mass is 35.5. The molecule has 0 spiro atoms. The van der Waals surface area contributed by atoms with Gasteiger partial charge in [-0.1, -0.05) is 36.0 Å². The molecule has 1 fully saturated rings. The first kappa shape index (κ1) is 21.8. The summed E-state index contributed by atoms with van der Waals surface area (Å²) in [6.45, 7) is 0.0274. The van der Waals surface area contributed by atoms with Crippen molar-refractivity contribution in [2.75, 3.05) is 7.11 Å². The summed E-state index contributed by atoms with van der Waals surface area (Å²) in [7, 11) is -2.21. The number of sulfonamides is 1. The van der Waals surface area contributed by atoms with Crippen LogP contribution >= 0.6 is 11.6 Å². The van der Waals surface area contributed by atoms with Crippen LogP contribution in [0.4, 0.5) is 0 Å². The SMILES string of the molecule is COc1ccc(S(=O)(=O)N(Cc2nc(-c3ccc(Cl)cc3)no2)C2CCCCC2)cc1. The summed E-state index contributed by atoms with van der Waals surface area (Å²) < 4.78 is 39.1. The zero-order chi connectivity index (χ0) is 21.8. The van der Waals surface area contributed by atoms with Gasteiger partial charge in [-0.25, -0.2) is 8.42 Å². The van der Waals surface area contributed by atoms with Gasteiger partial charge < -0.3 is 9.26 Å². The summed E-state index contributed by atoms with van der Waals surface area (Å²) in [5.41, 5.74) is 0.752. The number of aromatic nitrogens is 2. The van der Waals surface area contributed by atoms with Crippen LogP contribution in [0.25, 0.3) is 11.4 Å². The molecule has 9 heteroatoms. The van der Waals surface area contributed by atoms with Crippen LogP contribution < -0.4 is 4.74 Å². The van der Waals surface area contributed by atoms with E-state index in [4.69, 9.17) is 20.9 Å². The molecule has 0 unspecified atom stereocenters. The summed E-state index contributed by atoms with van der Waals surface area (Å²) in [4.78, 5) is 4.65. The van der Waals surface area contributed by atoms with E-state index in [9.17, 15) is 8.42 Å². The zero-order valence-corrected chi connectivity index (χ0v) is 18.8. The second kappa shape index (κ2) is 9.38. The van der Waals surface area contributed by atoms with Crippen molar-refractivity contribution in [1.82, 2.24) is 14.4 Å². The monoisotopic (exact) mass is 461 g/mol. The van der Waals surface area contributed by atoms with Crippen molar-refractivity contribution in [2.45, 2.75) is 49.6 Å². The van der Waals surface area contributed by atoms with Crippen molar-refractivity contribution < 1.29 is 17.7 Å². The van der Waals surface area contributed by atoms with Gasteiger partial charge in [0.1, 0.15) is 5.75 Å². The molecule has 0 aliphatic heterocycles. The molecular weight excluding hydrogens is 438 g/mol. The molecule has 0 N–H and O–H groups in total. The molecule has 1 heterocycles. The quantitative estimate of drug-likeness (QED) is 0.496. The molecule has 0 amide bonds. The lowest BCUT2D eigenvalue weighted by atomic mass is 9.95. The fourth-order valence-corrected chi connectivity index (χ4v) is 5.59. The number of rotatable bonds is 7. The summed E-state index contributed by atoms with van der Waals surface area (Å²) >= 11 is 5.94. The van der Waals surface area contributed by atoms with Gasteiger partial charge in [0.15, 0.2) is 0 Å². The predicted octanol–water partition coefficient (Wildman–Crippen LogP) is 4.92. The normalized spacial score (nSPS) is 15.3. The van der Waals surface area contributed by atoms with Gasteiger partial charge in [0.25, 0.3) is 0 Å². The Morgan fingerprint density at radius 1 is 1.06 bits per heavy atom. The minimum Gasteiger partial charge on any atom is -0.497 e. The summed E-state index contributed by atoms with van der Waals surface area (Å²) in [5, 5.41) is 4.64. The highest BCUT2D eigenvalue weighted by Crippen LogP contribution is 2.30. The largest absolute Gasteiger partial charge is 0.497 e. The maximum atomic E-state index is 13.5. The van der Waals surface area contributed by atoms with E-state index in [0.29, 0.717) is 16.6 Å². The van der Waals surface area contributed by atoms with E-state index in [1.54, 1.807) is 55.6 Å². The van der Waals surface area contributed by atoms with Gasteiger partial charge in [-0.3, -0.25) is 0 Å². The number of hydrogen-bond acceptors (Lipinski definition) is 6. The molecule has 0 saturated heterocycles. The summed E-state index contributed by atoms with van der Waals surface area (Å²) in [6.07, 6.45) is 4.74. The van der Waals surface area contributed by atoms with Crippen molar-refractivity contribution in [3.05, 3.63) is 59.4 Å². The van der Waals surface area contributed by atoms with Crippen molar-refractivity contribution in [3.8, 4) is 17.1 Å². The summed E-state index contributed by atoms with van der Waals surface area (Å²) in [6, 6.07) is 13.4. The van der Waals surface area contributed by atoms with Crippen LogP contribution in [0, 0.1) is 0 Å². The van der Waals surface area contributed by atoms with E-state index >= 15 is 0 Å². The average molecular weight is 462 g/mol. The minimum absolute atomic E-state index is 0.0274. The fraction of sp³-hybridized carbons (Fsp3) is 0.364. The second-order valence-corrected chi connectivity index (χ2v) is 9.86. The molecule has 164 valence electrons. The Morgan fingerprint density at radius 2 is 1.74 bits per heavy atom. The molecule has 31 heavy (non-hydrogen) atoms. The van der Waals surface area contributed by atoms with E-state index < -0.39 is 10.0 Å². The Balaban J connectivity index is 1.63. The maximum absolute atomic E-state index is 13.5. The molecule has 2 aromatic carbocycles. The third-order valence-electron chi connectivity index (χ3n) is 5.51. The zero-order valence-electron chi connectivity index (χ0n) is 17.2. The van der Waals surface area contributed by atoms with Crippen LogP contribution in [-0.2, 0) is 16.6 Å². The van der Waals surface area contributed by atoms with E-state index in [-0.39, 0.29) is 23.4 Å². The van der Waals surface area contributed by atoms with E-state index in [2.05, 4.69) is 10.1 Å². The Bertz CT molecular complexity index is 1110. The molecule has 7 nitrogen and oxygen atoms in total. The lowest BCUT2D eigenvalue weighted by molar-refractivity contribution is 0.223. The molecule has 4 rings (SSSR count). The van der Waals surface area contributed by atoms with Crippen LogP contribution in [0.2, 0.25) is 5.02 Å². The Labute approximate surface area is 187 Å². The van der Waals surface area contributed by atoms with E-state index in [0.717, 1.165) is 37.7 Å². The van der Waals surface area contributed by atoms with Gasteiger partial charge in [-0.15, -0.1) is 0 Å². The molecule has 3 aromatic rings. The molecule has 0 atom stereocenters. The molecule has 0 bridgehead atoms. The molecule has 1 aromatic heterocycles. The second-order valence-electron chi connectivity index (χ2n) is 7.54. The van der Waals surface area contributed by atoms with Gasteiger partial charge in [-0.05, 0) is 61.4 Å². The Hall–Kier alpha value is -2.42. The van der Waals surface area contributed by atoms with Crippen LogP contribution in [0.1, 0.15) is 38.0 Å². The smallest absolute Gasteiger partial charge is 0.243 e. The van der Waals surface area contributed by atoms with E-state index in [1.807, 2.05) is 0 Å². The Morgan fingerprint density at radius 3 is 2.39 bits per heavy atom. The van der Waals surface area contributed by atoms with E-state index in [1.165, 1.54) is 4.31 Å². The molecule has 1 aliphatic carbocycles. The highest BCUT2D eigenvalue weighted by molar-refractivity contribution is 7.89. The lowest BCUT2D eigenvalue weighted by Gasteiger charge is -2.32. The van der Waals surface area contributed by atoms with Gasteiger partial charge in [-0.2, -0.15) is 9.29 Å². The van der Waals surface area contributed by atoms with Crippen molar-refractivity contribution in [1.29, 1.82) is 0 Å². The van der Waals surface area contributed by atoms with Gasteiger partial charge in [0, 0.05) is 16.6 Å². The molecule has 0 radical (unpaired) electrons. The lowest BCUT2D eigenvalue weighted by Crippen LogP contribution is -2.41. The third kappa shape index (κ3) is 4.92. The van der Waals surface area contributed by atoms with Crippen LogP contribution in [-0.4, -0.2) is 36.0 Å². The predicted molar refractivity (Wildman–Crippen MR) is 117 cm³/mol. The van der Waals surface area contributed by atoms with Crippen LogP contribution in [0.5, 0.6) is 5.75 Å². The number of ether oxygens (including phenoxy) is 1. The van der Waals surface area contributed by atoms with Crippen LogP contribution in [0.3, 0.4) is 0 Å². The van der Waals surface area contributed by atoms with Crippen molar-refractivity contribution in [2.24, 2.45) is 0 Å². The first-order valence-corrected chi connectivity index (χ1v) is 12.0. The van der Waals surface area contributed by atoms with Crippen LogP contribution in [0.15, 0.2) is 57.9 Å². The first-order valence-electron chi connectivity index (χ1n) is 10.2. The van der Waals surface area contributed by atoms with Gasteiger partial charge >= 0.3 is 0 Å². The number of methoxy groups -OCH3 is 1. The molecule has 1 saturated carbocycles. The molecular formula is C22H24ClN3O4S. The standard InChI is InChI=1S/C22H24ClN3O4S/c1-29-19-11-13-20(14-12-19)31(27,28)26(18-5-3-2-4-6-18)15-21-24-22(25-30-21)16-7-9-17(23)10-8-16/h7-14,18H,2-6,15H2,1H3. The van der Waals surface area contributed by atoms with Gasteiger partial charge in [0.05, 0.1) is 18.6 Å². The number of nitrogens with zero attached hydrogens (tertiary/aromatic N) is 3. The topological polar surface area (TPSA) is 85.5 Å². The minimum atomic E-state index is -3.75. The summed E-state index contributed by atoms with van der Waals surface area (Å²) in [5.74, 6) is 1.26. The van der Waals surface area contributed by atoms with Crippen molar-refractivity contribution >= 4 is 21.6 Å². The number of hydrogen-bond donors (Lipinski definition) is 0. The third-order valence-corrected chi connectivity index (χ3v) is 7.67. The van der Waals surface area contributed by atoms with Gasteiger partial charge in [0.2, 0.25) is 21.7 Å². The molecule has 1 aliphatic rings. The first-order chi connectivity index (χ1) is 15.0. The highest BCUT2D eigenvalue weighted by Gasteiger charge is 2.34.